The lowest BCUT2D eigenvalue weighted by molar-refractivity contribution is 0.215. The van der Waals surface area contributed by atoms with Gasteiger partial charge in [0.1, 0.15) is 19.0 Å². The van der Waals surface area contributed by atoms with Gasteiger partial charge in [-0.15, -0.1) is 0 Å². The molecule has 0 fully saturated rings. The highest BCUT2D eigenvalue weighted by Gasteiger charge is 2.03. The number of hydrogen-bond acceptors (Lipinski definition) is 3. The molecular weight excluding hydrogens is 266 g/mol. The molecule has 0 radical (unpaired) electrons. The van der Waals surface area contributed by atoms with E-state index >= 15 is 0 Å². The number of aromatic nitrogens is 1. The number of aromatic amines is 1. The fourth-order valence-electron chi connectivity index (χ4n) is 2.06. The molecule has 21 heavy (non-hydrogen) atoms. The van der Waals surface area contributed by atoms with Crippen molar-refractivity contribution in [1.29, 1.82) is 0 Å². The number of benzene rings is 2. The Morgan fingerprint density at radius 2 is 1.57 bits per heavy atom. The van der Waals surface area contributed by atoms with Gasteiger partial charge in [-0.1, -0.05) is 36.4 Å². The first-order valence-electron chi connectivity index (χ1n) is 6.76. The Hall–Kier alpha value is -2.75. The molecule has 1 aromatic heterocycles. The Morgan fingerprint density at radius 1 is 0.857 bits per heavy atom. The summed E-state index contributed by atoms with van der Waals surface area (Å²) in [5.74, 6) is 1.10. The molecule has 0 unspecified atom stereocenters. The average molecular weight is 281 g/mol. The summed E-state index contributed by atoms with van der Waals surface area (Å²) in [5, 5.41) is 0.941. The van der Waals surface area contributed by atoms with Gasteiger partial charge in [0, 0.05) is 10.9 Å². The average Bonchev–Trinajstić information content (AvgIpc) is 2.53. The molecular formula is C17H15NO3. The van der Waals surface area contributed by atoms with Crippen molar-refractivity contribution < 1.29 is 9.47 Å². The quantitative estimate of drug-likeness (QED) is 0.731. The van der Waals surface area contributed by atoms with Gasteiger partial charge in [-0.3, -0.25) is 4.79 Å². The van der Waals surface area contributed by atoms with Crippen molar-refractivity contribution in [3.63, 3.8) is 0 Å². The molecule has 3 rings (SSSR count). The molecule has 0 aliphatic rings. The minimum absolute atomic E-state index is 0.228. The maximum Gasteiger partial charge on any atom is 0.290 e. The summed E-state index contributed by atoms with van der Waals surface area (Å²) >= 11 is 0. The van der Waals surface area contributed by atoms with E-state index in [0.29, 0.717) is 19.0 Å². The molecule has 1 N–H and O–H groups in total. The van der Waals surface area contributed by atoms with Crippen molar-refractivity contribution in [3.8, 4) is 11.5 Å². The standard InChI is InChI=1S/C17H15NO3/c19-17-16(12-13-6-4-5-9-15(13)18-17)21-11-10-20-14-7-2-1-3-8-14/h1-9,12H,10-11H2,(H,18,19). The molecule has 4 heteroatoms. The van der Waals surface area contributed by atoms with Crippen LogP contribution in [0.4, 0.5) is 0 Å². The zero-order valence-electron chi connectivity index (χ0n) is 11.4. The summed E-state index contributed by atoms with van der Waals surface area (Å²) in [5.41, 5.74) is 0.573. The van der Waals surface area contributed by atoms with E-state index in [9.17, 15) is 4.79 Å². The summed E-state index contributed by atoms with van der Waals surface area (Å²) in [6, 6.07) is 18.8. The fourth-order valence-corrected chi connectivity index (χ4v) is 2.06. The second-order valence-electron chi connectivity index (χ2n) is 4.56. The summed E-state index contributed by atoms with van der Waals surface area (Å²) < 4.78 is 11.0. The summed E-state index contributed by atoms with van der Waals surface area (Å²) in [6.07, 6.45) is 0. The van der Waals surface area contributed by atoms with Crippen LogP contribution < -0.4 is 15.0 Å². The van der Waals surface area contributed by atoms with E-state index in [2.05, 4.69) is 4.98 Å². The van der Waals surface area contributed by atoms with Gasteiger partial charge in [0.05, 0.1) is 0 Å². The number of pyridine rings is 1. The monoisotopic (exact) mass is 281 g/mol. The van der Waals surface area contributed by atoms with Crippen molar-refractivity contribution in [1.82, 2.24) is 4.98 Å². The maximum absolute atomic E-state index is 11.9. The van der Waals surface area contributed by atoms with Gasteiger partial charge in [-0.25, -0.2) is 0 Å². The molecule has 0 amide bonds. The zero-order valence-corrected chi connectivity index (χ0v) is 11.4. The Balaban J connectivity index is 1.63. The van der Waals surface area contributed by atoms with Crippen molar-refractivity contribution >= 4 is 10.9 Å². The number of nitrogens with one attached hydrogen (secondary N) is 1. The smallest absolute Gasteiger partial charge is 0.290 e. The van der Waals surface area contributed by atoms with E-state index in [1.54, 1.807) is 6.07 Å². The van der Waals surface area contributed by atoms with Crippen molar-refractivity contribution in [2.75, 3.05) is 13.2 Å². The number of hydrogen-bond donors (Lipinski definition) is 1. The van der Waals surface area contributed by atoms with Crippen LogP contribution in [0.15, 0.2) is 65.5 Å². The minimum atomic E-state index is -0.228. The Morgan fingerprint density at radius 3 is 2.43 bits per heavy atom. The van der Waals surface area contributed by atoms with Gasteiger partial charge in [0.25, 0.3) is 5.56 Å². The van der Waals surface area contributed by atoms with Gasteiger partial charge >= 0.3 is 0 Å². The molecule has 0 saturated carbocycles. The van der Waals surface area contributed by atoms with Crippen LogP contribution >= 0.6 is 0 Å². The Labute approximate surface area is 122 Å². The van der Waals surface area contributed by atoms with E-state index in [1.807, 2.05) is 54.6 Å². The number of para-hydroxylation sites is 2. The topological polar surface area (TPSA) is 51.3 Å². The second kappa shape index (κ2) is 6.13. The molecule has 1 heterocycles. The van der Waals surface area contributed by atoms with Gasteiger partial charge < -0.3 is 14.5 Å². The molecule has 106 valence electrons. The van der Waals surface area contributed by atoms with Crippen LogP contribution in [-0.4, -0.2) is 18.2 Å². The molecule has 0 atom stereocenters. The summed E-state index contributed by atoms with van der Waals surface area (Å²) in [6.45, 7) is 0.701. The van der Waals surface area contributed by atoms with E-state index < -0.39 is 0 Å². The normalized spacial score (nSPS) is 10.5. The van der Waals surface area contributed by atoms with Crippen LogP contribution in [0.3, 0.4) is 0 Å². The largest absolute Gasteiger partial charge is 0.490 e. The van der Waals surface area contributed by atoms with E-state index in [-0.39, 0.29) is 5.56 Å². The lowest BCUT2D eigenvalue weighted by Crippen LogP contribution is -2.15. The van der Waals surface area contributed by atoms with Crippen molar-refractivity contribution in [2.45, 2.75) is 0 Å². The first-order chi connectivity index (χ1) is 10.3. The maximum atomic E-state index is 11.9. The Bertz CT molecular complexity index is 781. The fraction of sp³-hybridized carbons (Fsp3) is 0.118. The number of rotatable bonds is 5. The minimum Gasteiger partial charge on any atom is -0.490 e. The third-order valence-corrected chi connectivity index (χ3v) is 3.07. The molecule has 2 aromatic carbocycles. The highest BCUT2D eigenvalue weighted by Crippen LogP contribution is 2.14. The van der Waals surface area contributed by atoms with Crippen LogP contribution in [0.5, 0.6) is 11.5 Å². The Kier molecular flexibility index (Phi) is 3.87. The van der Waals surface area contributed by atoms with Crippen molar-refractivity contribution in [3.05, 3.63) is 71.0 Å². The van der Waals surface area contributed by atoms with Crippen LogP contribution in [0.2, 0.25) is 0 Å². The molecule has 0 aliphatic carbocycles. The lowest BCUT2D eigenvalue weighted by Gasteiger charge is -2.08. The third kappa shape index (κ3) is 3.23. The van der Waals surface area contributed by atoms with Crippen LogP contribution in [0.25, 0.3) is 10.9 Å². The number of H-pyrrole nitrogens is 1. The molecule has 0 spiro atoms. The van der Waals surface area contributed by atoms with Gasteiger partial charge in [0.15, 0.2) is 5.75 Å². The number of fused-ring (bicyclic) bond motifs is 1. The number of ether oxygens (including phenoxy) is 2. The third-order valence-electron chi connectivity index (χ3n) is 3.07. The first kappa shape index (κ1) is 13.2. The lowest BCUT2D eigenvalue weighted by atomic mass is 10.2. The van der Waals surface area contributed by atoms with Crippen LogP contribution in [0.1, 0.15) is 0 Å². The van der Waals surface area contributed by atoms with E-state index in [4.69, 9.17) is 9.47 Å². The first-order valence-corrected chi connectivity index (χ1v) is 6.76. The highest BCUT2D eigenvalue weighted by molar-refractivity contribution is 5.79. The van der Waals surface area contributed by atoms with E-state index in [1.165, 1.54) is 0 Å². The molecule has 0 bridgehead atoms. The van der Waals surface area contributed by atoms with Gasteiger partial charge in [-0.2, -0.15) is 0 Å². The van der Waals surface area contributed by atoms with Crippen LogP contribution in [-0.2, 0) is 0 Å². The zero-order chi connectivity index (χ0) is 14.5. The predicted octanol–water partition coefficient (Wildman–Crippen LogP) is 2.99. The SMILES string of the molecule is O=c1[nH]c2ccccc2cc1OCCOc1ccccc1. The predicted molar refractivity (Wildman–Crippen MR) is 82.0 cm³/mol. The van der Waals surface area contributed by atoms with Crippen molar-refractivity contribution in [2.24, 2.45) is 0 Å². The molecule has 4 nitrogen and oxygen atoms in total. The summed E-state index contributed by atoms with van der Waals surface area (Å²) in [7, 11) is 0. The van der Waals surface area contributed by atoms with Crippen LogP contribution in [0, 0.1) is 0 Å². The van der Waals surface area contributed by atoms with Gasteiger partial charge in [-0.05, 0) is 24.3 Å². The summed E-state index contributed by atoms with van der Waals surface area (Å²) in [4.78, 5) is 14.7. The van der Waals surface area contributed by atoms with E-state index in [0.717, 1.165) is 16.7 Å². The van der Waals surface area contributed by atoms with Gasteiger partial charge in [0.2, 0.25) is 0 Å². The molecule has 0 aliphatic heterocycles. The highest BCUT2D eigenvalue weighted by atomic mass is 16.5. The molecule has 3 aromatic rings. The second-order valence-corrected chi connectivity index (χ2v) is 4.56. The molecule has 0 saturated heterocycles.